The van der Waals surface area contributed by atoms with Gasteiger partial charge in [0.15, 0.2) is 6.61 Å². The number of rotatable bonds is 7. The lowest BCUT2D eigenvalue weighted by Gasteiger charge is -2.12. The van der Waals surface area contributed by atoms with Gasteiger partial charge in [-0.2, -0.15) is 0 Å². The average molecular weight is 338 g/mol. The molecule has 0 aliphatic rings. The molecule has 0 aliphatic heterocycles. The molecule has 23 heavy (non-hydrogen) atoms. The van der Waals surface area contributed by atoms with Gasteiger partial charge in [0.05, 0.1) is 11.1 Å². The van der Waals surface area contributed by atoms with Crippen LogP contribution in [0.5, 0.6) is 5.75 Å². The van der Waals surface area contributed by atoms with Crippen LogP contribution in [0.25, 0.3) is 0 Å². The van der Waals surface area contributed by atoms with Crippen LogP contribution < -0.4 is 10.1 Å². The first-order valence-electron chi connectivity index (χ1n) is 7.11. The smallest absolute Gasteiger partial charge is 0.258 e. The zero-order valence-corrected chi connectivity index (χ0v) is 13.1. The number of hydrogen-bond acceptors (Lipinski definition) is 3. The van der Waals surface area contributed by atoms with Crippen molar-refractivity contribution in [1.29, 1.82) is 0 Å². The molecule has 2 N–H and O–H groups in total. The van der Waals surface area contributed by atoms with Crippen molar-refractivity contribution >= 4 is 17.5 Å². The molecular formula is C17H17ClFNO3. The van der Waals surface area contributed by atoms with E-state index in [1.54, 1.807) is 0 Å². The Morgan fingerprint density at radius 2 is 2.00 bits per heavy atom. The van der Waals surface area contributed by atoms with Gasteiger partial charge in [0, 0.05) is 19.0 Å². The Labute approximate surface area is 138 Å². The van der Waals surface area contributed by atoms with Crippen molar-refractivity contribution in [3.63, 3.8) is 0 Å². The van der Waals surface area contributed by atoms with E-state index >= 15 is 0 Å². The molecule has 1 atom stereocenters. The quantitative estimate of drug-likeness (QED) is 0.816. The Kier molecular flexibility index (Phi) is 6.38. The Bertz CT molecular complexity index is 652. The first-order chi connectivity index (χ1) is 11.0. The van der Waals surface area contributed by atoms with E-state index in [1.165, 1.54) is 18.2 Å². The number of benzene rings is 2. The number of halogens is 2. The molecule has 1 amide bonds. The Morgan fingerprint density at radius 3 is 2.70 bits per heavy atom. The largest absolute Gasteiger partial charge is 0.484 e. The average Bonchev–Trinajstić information content (AvgIpc) is 2.55. The number of carbonyl (C=O) groups is 1. The van der Waals surface area contributed by atoms with Crippen LogP contribution in [0.2, 0.25) is 5.02 Å². The van der Waals surface area contributed by atoms with Crippen molar-refractivity contribution < 1.29 is 19.0 Å². The molecule has 0 aliphatic carbocycles. The van der Waals surface area contributed by atoms with E-state index < -0.39 is 11.9 Å². The standard InChI is InChI=1S/C17H17ClFNO3/c18-15-9-14(6-7-16(15)19)23-11-17(22)20-10-13(21)8-12-4-2-1-3-5-12/h1-7,9,13,21H,8,10-11H2,(H,20,22). The van der Waals surface area contributed by atoms with Gasteiger partial charge in [-0.1, -0.05) is 41.9 Å². The summed E-state index contributed by atoms with van der Waals surface area (Å²) in [6.45, 7) is -0.110. The second kappa shape index (κ2) is 8.50. The van der Waals surface area contributed by atoms with Gasteiger partial charge in [0.2, 0.25) is 0 Å². The van der Waals surface area contributed by atoms with Crippen LogP contribution in [0.3, 0.4) is 0 Å². The number of nitrogens with one attached hydrogen (secondary N) is 1. The summed E-state index contributed by atoms with van der Waals surface area (Å²) in [5.74, 6) is -0.624. The predicted octanol–water partition coefficient (Wildman–Crippen LogP) is 2.58. The molecule has 0 saturated carbocycles. The fourth-order valence-electron chi connectivity index (χ4n) is 1.96. The molecule has 2 rings (SSSR count). The SMILES string of the molecule is O=C(COc1ccc(F)c(Cl)c1)NCC(O)Cc1ccccc1. The summed E-state index contributed by atoms with van der Waals surface area (Å²) in [6.07, 6.45) is -0.225. The highest BCUT2D eigenvalue weighted by molar-refractivity contribution is 6.30. The van der Waals surface area contributed by atoms with Crippen molar-refractivity contribution in [1.82, 2.24) is 5.32 Å². The topological polar surface area (TPSA) is 58.6 Å². The zero-order chi connectivity index (χ0) is 16.7. The summed E-state index contributed by atoms with van der Waals surface area (Å²) in [5.41, 5.74) is 0.992. The summed E-state index contributed by atoms with van der Waals surface area (Å²) in [5, 5.41) is 12.4. The minimum atomic E-state index is -0.679. The van der Waals surface area contributed by atoms with E-state index in [1.807, 2.05) is 30.3 Å². The number of amides is 1. The number of carbonyl (C=O) groups excluding carboxylic acids is 1. The normalized spacial score (nSPS) is 11.8. The monoisotopic (exact) mass is 337 g/mol. The van der Waals surface area contributed by atoms with Crippen molar-refractivity contribution in [3.05, 3.63) is 64.9 Å². The van der Waals surface area contributed by atoms with Crippen molar-refractivity contribution in [2.75, 3.05) is 13.2 Å². The Morgan fingerprint density at radius 1 is 1.26 bits per heavy atom. The summed E-state index contributed by atoms with van der Waals surface area (Å²) in [4.78, 5) is 11.7. The Hall–Kier alpha value is -2.11. The predicted molar refractivity (Wildman–Crippen MR) is 86.1 cm³/mol. The van der Waals surface area contributed by atoms with E-state index in [-0.39, 0.29) is 24.1 Å². The fourth-order valence-corrected chi connectivity index (χ4v) is 2.13. The highest BCUT2D eigenvalue weighted by Crippen LogP contribution is 2.20. The third-order valence-electron chi connectivity index (χ3n) is 3.11. The van der Waals surface area contributed by atoms with Crippen LogP contribution in [0.15, 0.2) is 48.5 Å². The lowest BCUT2D eigenvalue weighted by molar-refractivity contribution is -0.123. The maximum Gasteiger partial charge on any atom is 0.258 e. The first-order valence-corrected chi connectivity index (χ1v) is 7.49. The maximum atomic E-state index is 13.0. The van der Waals surface area contributed by atoms with Crippen molar-refractivity contribution in [3.8, 4) is 5.75 Å². The first kappa shape index (κ1) is 17.2. The molecule has 0 radical (unpaired) electrons. The molecule has 4 nitrogen and oxygen atoms in total. The molecule has 1 unspecified atom stereocenters. The number of hydrogen-bond donors (Lipinski definition) is 2. The molecule has 0 heterocycles. The summed E-state index contributed by atoms with van der Waals surface area (Å²) in [6, 6.07) is 13.4. The maximum absolute atomic E-state index is 13.0. The second-order valence-corrected chi connectivity index (χ2v) is 5.42. The summed E-state index contributed by atoms with van der Waals surface area (Å²) >= 11 is 5.62. The van der Waals surface area contributed by atoms with Gasteiger partial charge < -0.3 is 15.2 Å². The van der Waals surface area contributed by atoms with Crippen LogP contribution in [-0.2, 0) is 11.2 Å². The molecule has 2 aromatic rings. The molecule has 0 aromatic heterocycles. The molecule has 0 fully saturated rings. The van der Waals surface area contributed by atoms with E-state index in [9.17, 15) is 14.3 Å². The lowest BCUT2D eigenvalue weighted by atomic mass is 10.1. The number of ether oxygens (including phenoxy) is 1. The van der Waals surface area contributed by atoms with E-state index in [0.29, 0.717) is 12.2 Å². The summed E-state index contributed by atoms with van der Waals surface area (Å²) < 4.78 is 18.2. The van der Waals surface area contributed by atoms with Crippen LogP contribution in [-0.4, -0.2) is 30.3 Å². The van der Waals surface area contributed by atoms with Crippen LogP contribution in [0, 0.1) is 5.82 Å². The van der Waals surface area contributed by atoms with Crippen LogP contribution in [0.1, 0.15) is 5.56 Å². The fraction of sp³-hybridized carbons (Fsp3) is 0.235. The van der Waals surface area contributed by atoms with Gasteiger partial charge in [-0.3, -0.25) is 4.79 Å². The van der Waals surface area contributed by atoms with Crippen molar-refractivity contribution in [2.24, 2.45) is 0 Å². The third-order valence-corrected chi connectivity index (χ3v) is 3.40. The Balaban J connectivity index is 1.71. The minimum Gasteiger partial charge on any atom is -0.484 e. The zero-order valence-electron chi connectivity index (χ0n) is 12.3. The van der Waals surface area contributed by atoms with Gasteiger partial charge in [-0.05, 0) is 17.7 Å². The van der Waals surface area contributed by atoms with Gasteiger partial charge in [0.1, 0.15) is 11.6 Å². The molecule has 0 saturated heterocycles. The third kappa shape index (κ3) is 5.88. The molecule has 0 spiro atoms. The highest BCUT2D eigenvalue weighted by atomic mass is 35.5. The van der Waals surface area contributed by atoms with E-state index in [4.69, 9.17) is 16.3 Å². The molecule has 2 aromatic carbocycles. The van der Waals surface area contributed by atoms with Gasteiger partial charge >= 0.3 is 0 Å². The van der Waals surface area contributed by atoms with Gasteiger partial charge in [0.25, 0.3) is 5.91 Å². The van der Waals surface area contributed by atoms with Crippen LogP contribution in [0.4, 0.5) is 4.39 Å². The second-order valence-electron chi connectivity index (χ2n) is 5.01. The van der Waals surface area contributed by atoms with Crippen LogP contribution >= 0.6 is 11.6 Å². The summed E-state index contributed by atoms with van der Waals surface area (Å²) in [7, 11) is 0. The van der Waals surface area contributed by atoms with E-state index in [0.717, 1.165) is 5.56 Å². The molecular weight excluding hydrogens is 321 g/mol. The molecule has 122 valence electrons. The van der Waals surface area contributed by atoms with E-state index in [2.05, 4.69) is 5.32 Å². The number of aliphatic hydroxyl groups excluding tert-OH is 1. The van der Waals surface area contributed by atoms with Gasteiger partial charge in [-0.25, -0.2) is 4.39 Å². The molecule has 6 heteroatoms. The van der Waals surface area contributed by atoms with Gasteiger partial charge in [-0.15, -0.1) is 0 Å². The minimum absolute atomic E-state index is 0.0683. The van der Waals surface area contributed by atoms with Crippen molar-refractivity contribution in [2.45, 2.75) is 12.5 Å². The molecule has 0 bridgehead atoms. The lowest BCUT2D eigenvalue weighted by Crippen LogP contribution is -2.36. The highest BCUT2D eigenvalue weighted by Gasteiger charge is 2.09. The number of aliphatic hydroxyl groups is 1.